The molecule has 0 aliphatic carbocycles. The van der Waals surface area contributed by atoms with Crippen molar-refractivity contribution in [3.8, 4) is 0 Å². The Hall–Kier alpha value is -3.65. The largest absolute Gasteiger partial charge is 0.396 e. The molecule has 44 heavy (non-hydrogen) atoms. The molecular formula is C27H26Cl5N9O3. The van der Waals surface area contributed by atoms with Crippen LogP contribution < -0.4 is 26.6 Å². The molecule has 4 rings (SSSR count). The van der Waals surface area contributed by atoms with Gasteiger partial charge in [0.1, 0.15) is 11.0 Å². The Balaban J connectivity index is 0.000000244. The average molecular weight is 702 g/mol. The van der Waals surface area contributed by atoms with Gasteiger partial charge in [0, 0.05) is 42.0 Å². The summed E-state index contributed by atoms with van der Waals surface area (Å²) in [5.41, 5.74) is 2.34. The lowest BCUT2D eigenvalue weighted by Gasteiger charge is -2.10. The van der Waals surface area contributed by atoms with Crippen LogP contribution in [0, 0.1) is 13.8 Å². The van der Waals surface area contributed by atoms with Gasteiger partial charge >= 0.3 is 12.1 Å². The van der Waals surface area contributed by atoms with Gasteiger partial charge < -0.3 is 21.1 Å². The molecule has 0 bridgehead atoms. The highest BCUT2D eigenvalue weighted by molar-refractivity contribution is 6.42. The number of rotatable bonds is 8. The number of benzene rings is 2. The average Bonchev–Trinajstić information content (AvgIpc) is 2.92. The van der Waals surface area contributed by atoms with Gasteiger partial charge in [-0.2, -0.15) is 4.98 Å². The Kier molecular flexibility index (Phi) is 13.5. The van der Waals surface area contributed by atoms with Crippen LogP contribution in [0.2, 0.25) is 25.2 Å². The van der Waals surface area contributed by atoms with Gasteiger partial charge in [0.25, 0.3) is 0 Å². The van der Waals surface area contributed by atoms with Crippen molar-refractivity contribution in [3.63, 3.8) is 0 Å². The summed E-state index contributed by atoms with van der Waals surface area (Å²) >= 11 is 29.2. The summed E-state index contributed by atoms with van der Waals surface area (Å²) in [6.07, 6.45) is 0.601. The van der Waals surface area contributed by atoms with Crippen LogP contribution >= 0.6 is 58.0 Å². The van der Waals surface area contributed by atoms with Gasteiger partial charge in [-0.05, 0) is 62.7 Å². The van der Waals surface area contributed by atoms with E-state index in [0.29, 0.717) is 61.6 Å². The van der Waals surface area contributed by atoms with Gasteiger partial charge in [-0.25, -0.2) is 24.5 Å². The first-order valence-electron chi connectivity index (χ1n) is 12.7. The summed E-state index contributed by atoms with van der Waals surface area (Å²) in [6, 6.07) is 11.8. The maximum atomic E-state index is 12.0. The van der Waals surface area contributed by atoms with E-state index in [0.717, 1.165) is 0 Å². The van der Waals surface area contributed by atoms with Crippen LogP contribution in [0.25, 0.3) is 0 Å². The summed E-state index contributed by atoms with van der Waals surface area (Å²) in [5.74, 6) is 0.854. The first kappa shape index (κ1) is 34.8. The van der Waals surface area contributed by atoms with Crippen molar-refractivity contribution in [1.82, 2.24) is 19.9 Å². The van der Waals surface area contributed by atoms with E-state index in [-0.39, 0.29) is 23.7 Å². The van der Waals surface area contributed by atoms with Crippen molar-refractivity contribution in [3.05, 3.63) is 85.2 Å². The van der Waals surface area contributed by atoms with Gasteiger partial charge in [0.05, 0.1) is 20.1 Å². The molecule has 12 nitrogen and oxygen atoms in total. The zero-order valence-electron chi connectivity index (χ0n) is 23.2. The second kappa shape index (κ2) is 17.0. The number of anilines is 5. The molecule has 0 aliphatic rings. The molecule has 0 fully saturated rings. The number of nitrogens with one attached hydrogen (secondary N) is 5. The predicted molar refractivity (Wildman–Crippen MR) is 177 cm³/mol. The zero-order chi connectivity index (χ0) is 32.2. The molecule has 232 valence electrons. The van der Waals surface area contributed by atoms with Crippen molar-refractivity contribution in [2.24, 2.45) is 0 Å². The van der Waals surface area contributed by atoms with Gasteiger partial charge in [0.2, 0.25) is 11.9 Å². The second-order valence-electron chi connectivity index (χ2n) is 8.79. The fraction of sp³-hybridized carbons (Fsp3) is 0.185. The molecule has 0 unspecified atom stereocenters. The molecular weight excluding hydrogens is 676 g/mol. The Morgan fingerprint density at radius 3 is 1.64 bits per heavy atom. The van der Waals surface area contributed by atoms with Crippen LogP contribution in [0.3, 0.4) is 0 Å². The van der Waals surface area contributed by atoms with E-state index >= 15 is 0 Å². The molecule has 2 aromatic carbocycles. The number of carbonyl (C=O) groups excluding carboxylic acids is 2. The van der Waals surface area contributed by atoms with Crippen molar-refractivity contribution < 1.29 is 14.7 Å². The quantitative estimate of drug-likeness (QED) is 0.0796. The number of urea groups is 2. The van der Waals surface area contributed by atoms with Crippen molar-refractivity contribution in [2.75, 3.05) is 39.7 Å². The number of hydrogen-bond acceptors (Lipinski definition) is 8. The zero-order valence-corrected chi connectivity index (χ0v) is 27.0. The molecule has 17 heteroatoms. The SMILES string of the molecule is Cc1cc(Cl)nc(NC(=O)Nc2ccc(Cl)c(Cl)c2)n1.Cc1cc(NCCCO)nc(NC(=O)Nc2ccc(Cl)c(Cl)c2)n1. The minimum atomic E-state index is -0.509. The molecule has 0 saturated heterocycles. The smallest absolute Gasteiger partial charge is 0.326 e. The Labute approximate surface area is 277 Å². The summed E-state index contributed by atoms with van der Waals surface area (Å²) in [7, 11) is 0. The monoisotopic (exact) mass is 699 g/mol. The molecule has 0 atom stereocenters. The van der Waals surface area contributed by atoms with Crippen molar-refractivity contribution in [2.45, 2.75) is 20.3 Å². The lowest BCUT2D eigenvalue weighted by atomic mass is 10.3. The van der Waals surface area contributed by atoms with Crippen LogP contribution in [0.15, 0.2) is 48.5 Å². The van der Waals surface area contributed by atoms with E-state index in [1.165, 1.54) is 6.07 Å². The van der Waals surface area contributed by atoms with E-state index in [2.05, 4.69) is 46.5 Å². The van der Waals surface area contributed by atoms with Crippen LogP contribution in [-0.2, 0) is 0 Å². The van der Waals surface area contributed by atoms with Crippen LogP contribution in [0.5, 0.6) is 0 Å². The van der Waals surface area contributed by atoms with Gasteiger partial charge in [-0.1, -0.05) is 58.0 Å². The standard InChI is InChI=1S/C15H17Cl2N5O2.C12H9Cl3N4O/c1-9-7-13(18-5-2-6-23)21-14(19-9)22-15(24)20-10-3-4-11(16)12(17)8-10;1-6-4-10(15)18-11(16-6)19-12(20)17-7-2-3-8(13)9(14)5-7/h3-4,7-8,23H,2,5-6H2,1H3,(H3,18,19,20,21,22,24);2-5H,1H3,(H2,16,17,18,19,20). The van der Waals surface area contributed by atoms with Crippen LogP contribution in [-0.4, -0.2) is 50.3 Å². The molecule has 4 amide bonds. The normalized spacial score (nSPS) is 10.3. The minimum Gasteiger partial charge on any atom is -0.396 e. The third kappa shape index (κ3) is 11.8. The first-order chi connectivity index (χ1) is 20.9. The van der Waals surface area contributed by atoms with E-state index in [1.54, 1.807) is 56.3 Å². The van der Waals surface area contributed by atoms with E-state index in [9.17, 15) is 9.59 Å². The number of nitrogens with zero attached hydrogens (tertiary/aromatic N) is 4. The Bertz CT molecular complexity index is 1610. The lowest BCUT2D eigenvalue weighted by Crippen LogP contribution is -2.21. The van der Waals surface area contributed by atoms with E-state index in [1.807, 2.05) is 0 Å². The summed E-state index contributed by atoms with van der Waals surface area (Å²) in [4.78, 5) is 40.1. The molecule has 0 aliphatic heterocycles. The summed E-state index contributed by atoms with van der Waals surface area (Å²) in [6.45, 7) is 4.20. The third-order valence-electron chi connectivity index (χ3n) is 5.12. The first-order valence-corrected chi connectivity index (χ1v) is 14.6. The molecule has 4 aromatic rings. The predicted octanol–water partition coefficient (Wildman–Crippen LogP) is 7.92. The molecule has 2 heterocycles. The number of hydrogen-bond donors (Lipinski definition) is 6. The minimum absolute atomic E-state index is 0.0915. The van der Waals surface area contributed by atoms with Gasteiger partial charge in [0.15, 0.2) is 0 Å². The van der Waals surface area contributed by atoms with Crippen molar-refractivity contribution >= 4 is 99.2 Å². The van der Waals surface area contributed by atoms with Crippen molar-refractivity contribution in [1.29, 1.82) is 0 Å². The summed E-state index contributed by atoms with van der Waals surface area (Å²) in [5, 5.41) is 23.8. The molecule has 6 N–H and O–H groups in total. The summed E-state index contributed by atoms with van der Waals surface area (Å²) < 4.78 is 0. The number of aliphatic hydroxyl groups excluding tert-OH is 1. The molecule has 0 radical (unpaired) electrons. The maximum Gasteiger partial charge on any atom is 0.326 e. The fourth-order valence-corrected chi connectivity index (χ4v) is 4.11. The third-order valence-corrected chi connectivity index (χ3v) is 6.80. The number of carbonyl (C=O) groups is 2. The Morgan fingerprint density at radius 2 is 1.16 bits per heavy atom. The number of aromatic nitrogens is 4. The van der Waals surface area contributed by atoms with E-state index in [4.69, 9.17) is 63.1 Å². The van der Waals surface area contributed by atoms with Gasteiger partial charge in [-0.3, -0.25) is 10.6 Å². The highest BCUT2D eigenvalue weighted by Gasteiger charge is 2.10. The number of aliphatic hydroxyl groups is 1. The molecule has 0 spiro atoms. The highest BCUT2D eigenvalue weighted by atomic mass is 35.5. The number of aryl methyl sites for hydroxylation is 2. The topological polar surface area (TPSA) is 166 Å². The molecule has 0 saturated carbocycles. The van der Waals surface area contributed by atoms with Crippen LogP contribution in [0.4, 0.5) is 38.7 Å². The Morgan fingerprint density at radius 1 is 0.659 bits per heavy atom. The maximum absolute atomic E-state index is 12.0. The number of amides is 4. The van der Waals surface area contributed by atoms with E-state index < -0.39 is 12.1 Å². The van der Waals surface area contributed by atoms with Gasteiger partial charge in [-0.15, -0.1) is 0 Å². The molecule has 2 aromatic heterocycles. The lowest BCUT2D eigenvalue weighted by molar-refractivity contribution is 0.261. The van der Waals surface area contributed by atoms with Crippen LogP contribution in [0.1, 0.15) is 17.8 Å². The highest BCUT2D eigenvalue weighted by Crippen LogP contribution is 2.26. The second-order valence-corrected chi connectivity index (χ2v) is 10.8. The fourth-order valence-electron chi connectivity index (χ4n) is 3.27. The number of halogens is 5.